The molecular weight excluding hydrogens is 486 g/mol. The van der Waals surface area contributed by atoms with Crippen molar-refractivity contribution in [2.24, 2.45) is 4.99 Å². The van der Waals surface area contributed by atoms with E-state index in [1.807, 2.05) is 0 Å². The van der Waals surface area contributed by atoms with E-state index >= 15 is 0 Å². The number of halogens is 5. The summed E-state index contributed by atoms with van der Waals surface area (Å²) in [5, 5.41) is 14.7. The van der Waals surface area contributed by atoms with Gasteiger partial charge in [0.05, 0.1) is 5.02 Å². The second-order valence-corrected chi connectivity index (χ2v) is 7.89. The lowest BCUT2D eigenvalue weighted by atomic mass is 9.86. The van der Waals surface area contributed by atoms with Gasteiger partial charge in [-0.05, 0) is 25.1 Å². The van der Waals surface area contributed by atoms with Crippen molar-refractivity contribution in [2.75, 3.05) is 0 Å². The van der Waals surface area contributed by atoms with E-state index in [9.17, 15) is 22.4 Å². The molecule has 0 unspecified atom stereocenters. The Kier molecular flexibility index (Phi) is 5.89. The number of hydrogen-bond acceptors (Lipinski definition) is 7. The summed E-state index contributed by atoms with van der Waals surface area (Å²) >= 11 is 5.76. The largest absolute Gasteiger partial charge is 0.465 e. The Bertz CT molecular complexity index is 1260. The van der Waals surface area contributed by atoms with Crippen LogP contribution in [0.2, 0.25) is 5.02 Å². The van der Waals surface area contributed by atoms with Crippen LogP contribution < -0.4 is 5.32 Å². The molecule has 1 aliphatic rings. The molecule has 0 bridgehead atoms. The molecule has 3 aromatic rings. The van der Waals surface area contributed by atoms with Crippen LogP contribution in [0.4, 0.5) is 22.4 Å². The van der Waals surface area contributed by atoms with Gasteiger partial charge in [-0.1, -0.05) is 16.8 Å². The van der Waals surface area contributed by atoms with E-state index in [0.29, 0.717) is 5.02 Å². The van der Waals surface area contributed by atoms with Crippen LogP contribution in [-0.4, -0.2) is 44.6 Å². The molecule has 34 heavy (non-hydrogen) atoms. The zero-order valence-electron chi connectivity index (χ0n) is 17.1. The number of nitrogens with one attached hydrogen (secondary N) is 1. The first-order valence-electron chi connectivity index (χ1n) is 9.53. The molecule has 2 aromatic heterocycles. The van der Waals surface area contributed by atoms with Crippen LogP contribution >= 0.6 is 11.6 Å². The molecule has 0 aliphatic carbocycles. The van der Waals surface area contributed by atoms with Gasteiger partial charge >= 0.3 is 12.3 Å². The third-order valence-electron chi connectivity index (χ3n) is 4.95. The molecule has 3 heterocycles. The molecule has 14 heteroatoms. The fourth-order valence-electron chi connectivity index (χ4n) is 3.39. The number of aliphatic imine (C=N–C) groups is 1. The molecule has 0 saturated carbocycles. The number of hydrogen-bond donors (Lipinski definition) is 2. The number of alkyl halides is 3. The van der Waals surface area contributed by atoms with Gasteiger partial charge < -0.3 is 14.4 Å². The third-order valence-corrected chi connectivity index (χ3v) is 5.14. The van der Waals surface area contributed by atoms with Crippen molar-refractivity contribution >= 4 is 23.7 Å². The molecule has 4 rings (SSSR count). The Hall–Kier alpha value is -3.74. The van der Waals surface area contributed by atoms with Crippen molar-refractivity contribution in [1.82, 2.24) is 20.4 Å². The molecule has 9 nitrogen and oxygen atoms in total. The number of carboxylic acid groups (broad SMARTS) is 1. The molecule has 0 fully saturated rings. The lowest BCUT2D eigenvalue weighted by molar-refractivity contribution is -0.164. The normalized spacial score (nSPS) is 20.4. The van der Waals surface area contributed by atoms with Crippen molar-refractivity contribution in [3.05, 3.63) is 53.1 Å². The van der Waals surface area contributed by atoms with Gasteiger partial charge in [-0.25, -0.2) is 29.5 Å². The molecule has 2 atom stereocenters. The molecule has 0 radical (unpaired) electrons. The number of aromatic nitrogens is 3. The maximum absolute atomic E-state index is 14.8. The number of rotatable bonds is 3. The summed E-state index contributed by atoms with van der Waals surface area (Å²) in [7, 11) is 0. The molecule has 0 saturated heterocycles. The molecule has 2 N–H and O–H groups in total. The summed E-state index contributed by atoms with van der Waals surface area (Å²) in [6.45, 7) is 1.21. The summed E-state index contributed by atoms with van der Waals surface area (Å²) in [5.74, 6) is -0.512. The highest BCUT2D eigenvalue weighted by molar-refractivity contribution is 6.30. The predicted molar refractivity (Wildman–Crippen MR) is 109 cm³/mol. The van der Waals surface area contributed by atoms with Crippen LogP contribution in [0.5, 0.6) is 0 Å². The van der Waals surface area contributed by atoms with Gasteiger partial charge in [0.15, 0.2) is 23.3 Å². The summed E-state index contributed by atoms with van der Waals surface area (Å²) in [4.78, 5) is 22.3. The van der Waals surface area contributed by atoms with Gasteiger partial charge in [-0.15, -0.1) is 0 Å². The van der Waals surface area contributed by atoms with Gasteiger partial charge in [-0.2, -0.15) is 13.2 Å². The van der Waals surface area contributed by atoms with E-state index in [2.05, 4.69) is 20.1 Å². The maximum atomic E-state index is 14.8. The summed E-state index contributed by atoms with van der Waals surface area (Å²) in [5.41, 5.74) is -1.66. The second-order valence-electron chi connectivity index (χ2n) is 7.45. The van der Waals surface area contributed by atoms with Crippen molar-refractivity contribution in [3.63, 3.8) is 0 Å². The zero-order chi connectivity index (χ0) is 24.7. The quantitative estimate of drug-likeness (QED) is 0.497. The fourth-order valence-corrected chi connectivity index (χ4v) is 3.48. The Balaban J connectivity index is 1.71. The van der Waals surface area contributed by atoms with E-state index in [1.54, 1.807) is 5.32 Å². The zero-order valence-corrected chi connectivity index (χ0v) is 17.9. The molecule has 1 aliphatic heterocycles. The smallest absolute Gasteiger partial charge is 0.412 e. The molecular formula is C20H14ClF4N5O4. The van der Waals surface area contributed by atoms with E-state index in [-0.39, 0.29) is 28.4 Å². The Labute approximate surface area is 193 Å². The van der Waals surface area contributed by atoms with Gasteiger partial charge in [-0.3, -0.25) is 0 Å². The van der Waals surface area contributed by atoms with E-state index in [4.69, 9.17) is 26.0 Å². The van der Waals surface area contributed by atoms with E-state index in [0.717, 1.165) is 6.07 Å². The molecule has 0 spiro atoms. The van der Waals surface area contributed by atoms with Crippen LogP contribution in [-0.2, 0) is 10.3 Å². The summed E-state index contributed by atoms with van der Waals surface area (Å²) < 4.78 is 65.9. The number of benzene rings is 1. The predicted octanol–water partition coefficient (Wildman–Crippen LogP) is 4.78. The number of amidine groups is 1. The lowest BCUT2D eigenvalue weighted by Gasteiger charge is -2.38. The van der Waals surface area contributed by atoms with Crippen LogP contribution in [0.1, 0.15) is 18.9 Å². The van der Waals surface area contributed by atoms with Crippen LogP contribution in [0.3, 0.4) is 0 Å². The minimum Gasteiger partial charge on any atom is -0.465 e. The first-order valence-corrected chi connectivity index (χ1v) is 9.91. The minimum atomic E-state index is -4.82. The molecule has 1 amide bonds. The SMILES string of the molecule is C[C@@]1(c2cc(-c3cc(-c4ncc(Cl)cn4)no3)ccc2F)C[C@@H](C(F)(F)F)N=C(NC(=O)O)O1. The standard InChI is InChI=1S/C20H14ClF4N5O4/c1-19(6-15(20(23,24)25)28-17(33-19)29-18(31)32)11-4-9(2-3-12(11)22)14-5-13(30-34-14)16-26-7-10(21)8-27-16/h2-5,7-8,15H,6H2,1H3,(H,28,29)(H,31,32)/t15-,19-/m0/s1. The topological polar surface area (TPSA) is 123 Å². The van der Waals surface area contributed by atoms with Crippen LogP contribution in [0, 0.1) is 5.82 Å². The Morgan fingerprint density at radius 1 is 1.26 bits per heavy atom. The lowest BCUT2D eigenvalue weighted by Crippen LogP contribution is -2.48. The van der Waals surface area contributed by atoms with Crippen LogP contribution in [0.25, 0.3) is 22.8 Å². The molecule has 1 aromatic carbocycles. The number of ether oxygens (including phenoxy) is 1. The van der Waals surface area contributed by atoms with Gasteiger partial charge in [0.2, 0.25) is 0 Å². The molecule has 178 valence electrons. The van der Waals surface area contributed by atoms with Crippen molar-refractivity contribution in [3.8, 4) is 22.8 Å². The van der Waals surface area contributed by atoms with Crippen LogP contribution in [0.15, 0.2) is 46.2 Å². The van der Waals surface area contributed by atoms with Gasteiger partial charge in [0.25, 0.3) is 6.02 Å². The summed E-state index contributed by atoms with van der Waals surface area (Å²) in [6, 6.07) is 1.84. The van der Waals surface area contributed by atoms with Crippen molar-refractivity contribution in [1.29, 1.82) is 0 Å². The third kappa shape index (κ3) is 4.78. The Morgan fingerprint density at radius 3 is 2.62 bits per heavy atom. The second kappa shape index (κ2) is 8.56. The number of carbonyl (C=O) groups is 1. The highest BCUT2D eigenvalue weighted by Crippen LogP contribution is 2.42. The summed E-state index contributed by atoms with van der Waals surface area (Å²) in [6.07, 6.45) is -4.57. The first kappa shape index (κ1) is 23.4. The van der Waals surface area contributed by atoms with Gasteiger partial charge in [0.1, 0.15) is 11.4 Å². The van der Waals surface area contributed by atoms with Crippen molar-refractivity contribution in [2.45, 2.75) is 31.2 Å². The average molecular weight is 500 g/mol. The average Bonchev–Trinajstić information content (AvgIpc) is 3.23. The highest BCUT2D eigenvalue weighted by atomic mass is 35.5. The maximum Gasteiger partial charge on any atom is 0.412 e. The minimum absolute atomic E-state index is 0.152. The highest BCUT2D eigenvalue weighted by Gasteiger charge is 2.50. The van der Waals surface area contributed by atoms with E-state index in [1.165, 1.54) is 37.5 Å². The monoisotopic (exact) mass is 499 g/mol. The van der Waals surface area contributed by atoms with Gasteiger partial charge in [0, 0.05) is 36.0 Å². The number of nitrogens with zero attached hydrogens (tertiary/aromatic N) is 4. The number of amides is 1. The Morgan fingerprint density at radius 2 is 1.97 bits per heavy atom. The first-order chi connectivity index (χ1) is 15.9. The van der Waals surface area contributed by atoms with E-state index < -0.39 is 42.2 Å². The fraction of sp³-hybridized carbons (Fsp3) is 0.250. The van der Waals surface area contributed by atoms with Crippen molar-refractivity contribution < 1.29 is 36.7 Å².